The van der Waals surface area contributed by atoms with Gasteiger partial charge in [-0.15, -0.1) is 0 Å². The predicted molar refractivity (Wildman–Crippen MR) is 75.9 cm³/mol. The fourth-order valence-corrected chi connectivity index (χ4v) is 2.31. The zero-order valence-corrected chi connectivity index (χ0v) is 13.1. The smallest absolute Gasteiger partial charge is 0.321 e. The van der Waals surface area contributed by atoms with Crippen LogP contribution in [0.25, 0.3) is 0 Å². The lowest BCUT2D eigenvalue weighted by molar-refractivity contribution is -0.126. The van der Waals surface area contributed by atoms with E-state index >= 15 is 0 Å². The van der Waals surface area contributed by atoms with Crippen molar-refractivity contribution in [2.24, 2.45) is 5.73 Å². The number of ketones is 1. The minimum atomic E-state index is -4.54. The summed E-state index contributed by atoms with van der Waals surface area (Å²) in [6.07, 6.45) is -4.88. The largest absolute Gasteiger partial charge is 0.401 e. The molecule has 0 aliphatic rings. The zero-order chi connectivity index (χ0) is 18.7. The third kappa shape index (κ3) is 5.48. The quantitative estimate of drug-likeness (QED) is 0.583. The topological polar surface area (TPSA) is 55.1 Å². The summed E-state index contributed by atoms with van der Waals surface area (Å²) in [4.78, 5) is 11.3. The number of nitrogens with one attached hydrogen (secondary N) is 1. The van der Waals surface area contributed by atoms with Crippen LogP contribution < -0.4 is 11.1 Å². The van der Waals surface area contributed by atoms with Crippen molar-refractivity contribution in [1.82, 2.24) is 5.32 Å². The number of carbonyl (C=O) groups excluding carboxylic acids is 1. The third-order valence-electron chi connectivity index (χ3n) is 3.71. The van der Waals surface area contributed by atoms with Crippen LogP contribution in [0.15, 0.2) is 12.1 Å². The van der Waals surface area contributed by atoms with Crippen molar-refractivity contribution in [3.63, 3.8) is 0 Å². The third-order valence-corrected chi connectivity index (χ3v) is 3.71. The van der Waals surface area contributed by atoms with Gasteiger partial charge in [0.05, 0.1) is 12.6 Å². The Hall–Kier alpha value is -1.61. The number of hydrogen-bond donors (Lipinski definition) is 2. The number of halogens is 6. The number of rotatable bonds is 7. The Morgan fingerprint density at radius 1 is 1.21 bits per heavy atom. The second-order valence-corrected chi connectivity index (χ2v) is 5.60. The fraction of sp³-hybridized carbons (Fsp3) is 0.533. The minimum Gasteiger partial charge on any atom is -0.321 e. The molecule has 1 rings (SSSR count). The Bertz CT molecular complexity index is 590. The van der Waals surface area contributed by atoms with Crippen molar-refractivity contribution < 1.29 is 31.1 Å². The molecular weight excluding hydrogens is 338 g/mol. The van der Waals surface area contributed by atoms with Crippen LogP contribution in [0.4, 0.5) is 26.3 Å². The van der Waals surface area contributed by atoms with Gasteiger partial charge in [-0.3, -0.25) is 4.79 Å². The molecule has 0 bridgehead atoms. The maximum atomic E-state index is 14.0. The van der Waals surface area contributed by atoms with Gasteiger partial charge >= 0.3 is 6.18 Å². The molecule has 0 radical (unpaired) electrons. The van der Waals surface area contributed by atoms with Crippen molar-refractivity contribution in [2.45, 2.75) is 44.4 Å². The number of Topliss-reactive ketones (excluding diaryl/α,β-unsaturated/α-hetero) is 1. The van der Waals surface area contributed by atoms with Crippen molar-refractivity contribution in [1.29, 1.82) is 0 Å². The van der Waals surface area contributed by atoms with Gasteiger partial charge in [0.2, 0.25) is 0 Å². The molecule has 0 saturated heterocycles. The molecule has 0 spiro atoms. The number of benzene rings is 1. The summed E-state index contributed by atoms with van der Waals surface area (Å²) in [6, 6.07) is -1.00. The van der Waals surface area contributed by atoms with E-state index in [1.54, 1.807) is 0 Å². The number of carbonyl (C=O) groups is 1. The van der Waals surface area contributed by atoms with E-state index in [0.717, 1.165) is 6.92 Å². The van der Waals surface area contributed by atoms with E-state index in [9.17, 15) is 31.1 Å². The summed E-state index contributed by atoms with van der Waals surface area (Å²) in [7, 11) is 0. The van der Waals surface area contributed by atoms with Crippen LogP contribution in [-0.4, -0.2) is 30.6 Å². The molecule has 3 atom stereocenters. The number of nitrogens with two attached hydrogens (primary N) is 1. The Morgan fingerprint density at radius 2 is 1.75 bits per heavy atom. The molecule has 0 heterocycles. The van der Waals surface area contributed by atoms with E-state index in [1.165, 1.54) is 6.92 Å². The molecule has 9 heteroatoms. The average molecular weight is 356 g/mol. The molecule has 1 aromatic carbocycles. The van der Waals surface area contributed by atoms with Gasteiger partial charge in [-0.1, -0.05) is 0 Å². The van der Waals surface area contributed by atoms with Crippen molar-refractivity contribution in [2.75, 3.05) is 6.54 Å². The Kier molecular flexibility index (Phi) is 6.79. The highest BCUT2D eigenvalue weighted by atomic mass is 19.4. The van der Waals surface area contributed by atoms with E-state index in [1.807, 2.05) is 0 Å². The van der Waals surface area contributed by atoms with Crippen molar-refractivity contribution in [3.05, 3.63) is 35.1 Å². The van der Waals surface area contributed by atoms with E-state index in [2.05, 4.69) is 5.32 Å². The summed E-state index contributed by atoms with van der Waals surface area (Å²) in [6.45, 7) is 0.999. The summed E-state index contributed by atoms with van der Waals surface area (Å²) in [5.74, 6) is -5.72. The molecule has 1 aromatic rings. The minimum absolute atomic E-state index is 0.335. The normalized spacial score (nSPS) is 15.9. The lowest BCUT2D eigenvalue weighted by Gasteiger charge is -2.28. The lowest BCUT2D eigenvalue weighted by Crippen LogP contribution is -2.42. The first-order valence-corrected chi connectivity index (χ1v) is 7.13. The molecular formula is C15H18F6N2O. The van der Waals surface area contributed by atoms with Gasteiger partial charge in [-0.05, 0) is 32.4 Å². The standard InChI is InChI=1S/C15H18F6N2O/c1-7(23-6-15(19,20)21)9(5-12(22)8(2)24)13-10(16)3-4-11(17)14(13)18/h3-4,7,9,12,23H,5-6,22H2,1-2H3/t7-,9-,12+/m1/s1. The first-order valence-electron chi connectivity index (χ1n) is 7.13. The van der Waals surface area contributed by atoms with Gasteiger partial charge in [-0.2, -0.15) is 13.2 Å². The van der Waals surface area contributed by atoms with Gasteiger partial charge in [0, 0.05) is 17.5 Å². The molecule has 0 unspecified atom stereocenters. The fourth-order valence-electron chi connectivity index (χ4n) is 2.31. The summed E-state index contributed by atoms with van der Waals surface area (Å²) >= 11 is 0. The zero-order valence-electron chi connectivity index (χ0n) is 13.1. The first kappa shape index (κ1) is 20.4. The summed E-state index contributed by atoms with van der Waals surface area (Å²) < 4.78 is 78.4. The molecule has 0 aliphatic heterocycles. The van der Waals surface area contributed by atoms with Gasteiger partial charge in [-0.25, -0.2) is 13.2 Å². The molecule has 0 amide bonds. The van der Waals surface area contributed by atoms with E-state index in [0.29, 0.717) is 12.1 Å². The molecule has 24 heavy (non-hydrogen) atoms. The van der Waals surface area contributed by atoms with E-state index in [4.69, 9.17) is 5.73 Å². The van der Waals surface area contributed by atoms with Crippen LogP contribution in [0.5, 0.6) is 0 Å². The highest BCUT2D eigenvalue weighted by Gasteiger charge is 2.33. The Balaban J connectivity index is 3.19. The molecule has 0 aliphatic carbocycles. The SMILES string of the molecule is CC(=O)[C@@H](N)C[C@@H](c1c(F)ccc(F)c1F)[C@@H](C)NCC(F)(F)F. The predicted octanol–water partition coefficient (Wildman–Crippen LogP) is 3.03. The van der Waals surface area contributed by atoms with Crippen LogP contribution in [0.3, 0.4) is 0 Å². The van der Waals surface area contributed by atoms with E-state index in [-0.39, 0.29) is 6.42 Å². The highest BCUT2D eigenvalue weighted by molar-refractivity contribution is 5.81. The van der Waals surface area contributed by atoms with Crippen molar-refractivity contribution in [3.8, 4) is 0 Å². The molecule has 0 fully saturated rings. The lowest BCUT2D eigenvalue weighted by atomic mass is 9.85. The second kappa shape index (κ2) is 7.98. The Morgan fingerprint density at radius 3 is 2.25 bits per heavy atom. The molecule has 3 N–H and O–H groups in total. The summed E-state index contributed by atoms with van der Waals surface area (Å²) in [5, 5.41) is 2.09. The summed E-state index contributed by atoms with van der Waals surface area (Å²) in [5.41, 5.74) is 4.85. The van der Waals surface area contributed by atoms with E-state index < -0.39 is 59.5 Å². The monoisotopic (exact) mass is 356 g/mol. The number of alkyl halides is 3. The second-order valence-electron chi connectivity index (χ2n) is 5.60. The molecule has 0 saturated carbocycles. The van der Waals surface area contributed by atoms with Gasteiger partial charge in [0.1, 0.15) is 11.6 Å². The van der Waals surface area contributed by atoms with Crippen molar-refractivity contribution >= 4 is 5.78 Å². The molecule has 136 valence electrons. The van der Waals surface area contributed by atoms with Crippen LogP contribution in [-0.2, 0) is 4.79 Å². The highest BCUT2D eigenvalue weighted by Crippen LogP contribution is 2.31. The van der Waals surface area contributed by atoms with Crippen LogP contribution in [0, 0.1) is 17.5 Å². The molecule has 0 aromatic heterocycles. The average Bonchev–Trinajstić information content (AvgIpc) is 2.46. The first-order chi connectivity index (χ1) is 10.9. The van der Waals surface area contributed by atoms with Gasteiger partial charge < -0.3 is 11.1 Å². The van der Waals surface area contributed by atoms with Gasteiger partial charge in [0.15, 0.2) is 11.6 Å². The Labute approximate surface area is 135 Å². The van der Waals surface area contributed by atoms with Gasteiger partial charge in [0.25, 0.3) is 0 Å². The van der Waals surface area contributed by atoms with Crippen LogP contribution in [0.1, 0.15) is 31.7 Å². The maximum Gasteiger partial charge on any atom is 0.401 e. The van der Waals surface area contributed by atoms with Crippen LogP contribution >= 0.6 is 0 Å². The maximum absolute atomic E-state index is 14.0. The molecule has 3 nitrogen and oxygen atoms in total. The number of hydrogen-bond acceptors (Lipinski definition) is 3. The van der Waals surface area contributed by atoms with Crippen LogP contribution in [0.2, 0.25) is 0 Å².